The average Bonchev–Trinajstić information content (AvgIpc) is 2.99. The molecule has 0 spiro atoms. The number of aromatic nitrogens is 2. The van der Waals surface area contributed by atoms with Crippen molar-refractivity contribution in [2.45, 2.75) is 75.9 Å². The first kappa shape index (κ1) is 15.0. The van der Waals surface area contributed by atoms with Crippen molar-refractivity contribution in [1.29, 1.82) is 0 Å². The lowest BCUT2D eigenvalue weighted by atomic mass is 9.79. The van der Waals surface area contributed by atoms with Crippen LogP contribution in [0.1, 0.15) is 75.9 Å². The van der Waals surface area contributed by atoms with E-state index in [0.717, 1.165) is 69.0 Å². The second-order valence-corrected chi connectivity index (χ2v) is 6.96. The summed E-state index contributed by atoms with van der Waals surface area (Å²) in [6.45, 7) is 2.30. The molecule has 0 amide bonds. The molecule has 5 heteroatoms. The molecule has 2 aliphatic rings. The molecule has 2 unspecified atom stereocenters. The molecule has 118 valence electrons. The summed E-state index contributed by atoms with van der Waals surface area (Å²) in [6.07, 6.45) is 8.60. The van der Waals surface area contributed by atoms with Gasteiger partial charge in [-0.3, -0.25) is 0 Å². The van der Waals surface area contributed by atoms with Crippen molar-refractivity contribution in [1.82, 2.24) is 10.1 Å². The minimum absolute atomic E-state index is 0.269. The number of hydrogen-bond acceptors (Lipinski definition) is 5. The summed E-state index contributed by atoms with van der Waals surface area (Å²) >= 11 is 0. The Bertz CT molecular complexity index is 466. The molecule has 3 rings (SSSR count). The third-order valence-electron chi connectivity index (χ3n) is 5.39. The van der Waals surface area contributed by atoms with Gasteiger partial charge in [0.05, 0.1) is 0 Å². The maximum absolute atomic E-state index is 6.06. The fourth-order valence-corrected chi connectivity index (χ4v) is 3.79. The zero-order valence-corrected chi connectivity index (χ0v) is 13.2. The lowest BCUT2D eigenvalue weighted by Gasteiger charge is -2.35. The van der Waals surface area contributed by atoms with Gasteiger partial charge in [0, 0.05) is 19.1 Å². The number of methoxy groups -OCH3 is 1. The van der Waals surface area contributed by atoms with Gasteiger partial charge in [0.2, 0.25) is 11.7 Å². The largest absolute Gasteiger partial charge is 0.370 e. The minimum Gasteiger partial charge on any atom is -0.370 e. The summed E-state index contributed by atoms with van der Waals surface area (Å²) in [5.74, 6) is 2.59. The molecule has 2 saturated carbocycles. The molecule has 2 aliphatic carbocycles. The van der Waals surface area contributed by atoms with Crippen LogP contribution in [0.3, 0.4) is 0 Å². The van der Waals surface area contributed by atoms with Crippen molar-refractivity contribution in [2.24, 2.45) is 11.7 Å². The first-order chi connectivity index (χ1) is 10.1. The van der Waals surface area contributed by atoms with E-state index < -0.39 is 0 Å². The van der Waals surface area contributed by atoms with Gasteiger partial charge in [-0.1, -0.05) is 18.5 Å². The third kappa shape index (κ3) is 2.99. The lowest BCUT2D eigenvalue weighted by molar-refractivity contribution is -0.0609. The van der Waals surface area contributed by atoms with Gasteiger partial charge in [0.15, 0.2) is 0 Å². The summed E-state index contributed by atoms with van der Waals surface area (Å²) in [5.41, 5.74) is 5.72. The van der Waals surface area contributed by atoms with Crippen LogP contribution in [-0.4, -0.2) is 23.3 Å². The molecule has 2 fully saturated rings. The van der Waals surface area contributed by atoms with E-state index in [1.54, 1.807) is 7.11 Å². The fraction of sp³-hybridized carbons (Fsp3) is 0.875. The van der Waals surface area contributed by atoms with Crippen LogP contribution < -0.4 is 5.73 Å². The molecule has 1 aromatic heterocycles. The van der Waals surface area contributed by atoms with E-state index in [4.69, 9.17) is 20.0 Å². The van der Waals surface area contributed by atoms with Crippen LogP contribution in [0.4, 0.5) is 0 Å². The minimum atomic E-state index is -0.342. The van der Waals surface area contributed by atoms with Crippen LogP contribution in [0.25, 0.3) is 0 Å². The molecule has 0 bridgehead atoms. The van der Waals surface area contributed by atoms with Crippen molar-refractivity contribution in [3.05, 3.63) is 11.7 Å². The predicted molar refractivity (Wildman–Crippen MR) is 79.8 cm³/mol. The summed E-state index contributed by atoms with van der Waals surface area (Å²) in [6, 6.07) is 0.269. The van der Waals surface area contributed by atoms with E-state index >= 15 is 0 Å². The van der Waals surface area contributed by atoms with Crippen LogP contribution in [-0.2, 0) is 10.3 Å². The van der Waals surface area contributed by atoms with Crippen LogP contribution >= 0.6 is 0 Å². The van der Waals surface area contributed by atoms with E-state index in [2.05, 4.69) is 12.1 Å². The smallest absolute Gasteiger partial charge is 0.229 e. The highest BCUT2D eigenvalue weighted by Gasteiger charge is 2.41. The van der Waals surface area contributed by atoms with Gasteiger partial charge in [0.1, 0.15) is 5.60 Å². The number of rotatable bonds is 3. The highest BCUT2D eigenvalue weighted by Crippen LogP contribution is 2.41. The monoisotopic (exact) mass is 293 g/mol. The summed E-state index contributed by atoms with van der Waals surface area (Å²) in [4.78, 5) is 4.70. The molecule has 1 heterocycles. The van der Waals surface area contributed by atoms with Crippen LogP contribution in [0, 0.1) is 5.92 Å². The Labute approximate surface area is 126 Å². The quantitative estimate of drug-likeness (QED) is 0.927. The third-order valence-corrected chi connectivity index (χ3v) is 5.39. The topological polar surface area (TPSA) is 74.2 Å². The summed E-state index contributed by atoms with van der Waals surface area (Å²) < 4.78 is 11.4. The summed E-state index contributed by atoms with van der Waals surface area (Å²) in [5, 5.41) is 4.26. The number of hydrogen-bond donors (Lipinski definition) is 1. The molecule has 0 radical (unpaired) electrons. The lowest BCUT2D eigenvalue weighted by Crippen LogP contribution is -2.34. The Hall–Kier alpha value is -0.940. The maximum atomic E-state index is 6.06. The number of nitrogens with zero attached hydrogens (tertiary/aromatic N) is 2. The van der Waals surface area contributed by atoms with Gasteiger partial charge in [-0.05, 0) is 50.9 Å². The van der Waals surface area contributed by atoms with Crippen molar-refractivity contribution >= 4 is 0 Å². The first-order valence-electron chi connectivity index (χ1n) is 8.28. The zero-order chi connectivity index (χ0) is 14.9. The fourth-order valence-electron chi connectivity index (χ4n) is 3.79. The van der Waals surface area contributed by atoms with Crippen molar-refractivity contribution in [2.75, 3.05) is 7.11 Å². The van der Waals surface area contributed by atoms with Crippen LogP contribution in [0.5, 0.6) is 0 Å². The maximum Gasteiger partial charge on any atom is 0.229 e. The van der Waals surface area contributed by atoms with Crippen LogP contribution in [0.2, 0.25) is 0 Å². The Morgan fingerprint density at radius 1 is 1.24 bits per heavy atom. The van der Waals surface area contributed by atoms with Crippen molar-refractivity contribution in [3.63, 3.8) is 0 Å². The normalized spacial score (nSPS) is 37.6. The first-order valence-corrected chi connectivity index (χ1v) is 8.28. The molecule has 21 heavy (non-hydrogen) atoms. The van der Waals surface area contributed by atoms with Crippen molar-refractivity contribution < 1.29 is 9.26 Å². The predicted octanol–water partition coefficient (Wildman–Crippen LogP) is 3.11. The SMILES string of the molecule is COC1(c2noc(C3CCCC(N)C3)n2)CCC(C)CC1. The number of nitrogens with two attached hydrogens (primary N) is 1. The Morgan fingerprint density at radius 3 is 2.67 bits per heavy atom. The van der Waals surface area contributed by atoms with E-state index in [1.807, 2.05) is 0 Å². The Kier molecular flexibility index (Phi) is 4.31. The van der Waals surface area contributed by atoms with Crippen LogP contribution in [0.15, 0.2) is 4.52 Å². The van der Waals surface area contributed by atoms with Gasteiger partial charge in [-0.15, -0.1) is 0 Å². The van der Waals surface area contributed by atoms with Gasteiger partial charge in [-0.2, -0.15) is 4.98 Å². The highest BCUT2D eigenvalue weighted by atomic mass is 16.5. The molecular weight excluding hydrogens is 266 g/mol. The molecule has 1 aromatic rings. The molecule has 2 N–H and O–H groups in total. The molecular formula is C16H27N3O2. The van der Waals surface area contributed by atoms with Crippen molar-refractivity contribution in [3.8, 4) is 0 Å². The molecule has 0 saturated heterocycles. The molecule has 0 aliphatic heterocycles. The van der Waals surface area contributed by atoms with Gasteiger partial charge >= 0.3 is 0 Å². The second-order valence-electron chi connectivity index (χ2n) is 6.96. The van der Waals surface area contributed by atoms with Gasteiger partial charge in [0.25, 0.3) is 0 Å². The van der Waals surface area contributed by atoms with Gasteiger partial charge < -0.3 is 15.0 Å². The molecule has 2 atom stereocenters. The number of ether oxygens (including phenoxy) is 1. The average molecular weight is 293 g/mol. The molecule has 0 aromatic carbocycles. The van der Waals surface area contributed by atoms with E-state index in [0.29, 0.717) is 5.92 Å². The van der Waals surface area contributed by atoms with E-state index in [1.165, 1.54) is 0 Å². The van der Waals surface area contributed by atoms with E-state index in [-0.39, 0.29) is 11.6 Å². The summed E-state index contributed by atoms with van der Waals surface area (Å²) in [7, 11) is 1.77. The highest BCUT2D eigenvalue weighted by molar-refractivity contribution is 5.06. The standard InChI is InChI=1S/C16H27N3O2/c1-11-6-8-16(20-2,9-7-11)15-18-14(21-19-15)12-4-3-5-13(17)10-12/h11-13H,3-10,17H2,1-2H3. The second kappa shape index (κ2) is 6.05. The Morgan fingerprint density at radius 2 is 2.00 bits per heavy atom. The molecule has 5 nitrogen and oxygen atoms in total. The van der Waals surface area contributed by atoms with Gasteiger partial charge in [-0.25, -0.2) is 0 Å². The zero-order valence-electron chi connectivity index (χ0n) is 13.2. The van der Waals surface area contributed by atoms with E-state index in [9.17, 15) is 0 Å². The Balaban J connectivity index is 1.77.